The molecule has 1 fully saturated rings. The number of aromatic amines is 1. The maximum atomic E-state index is 14.7. The second-order valence-electron chi connectivity index (χ2n) is 8.07. The fourth-order valence-corrected chi connectivity index (χ4v) is 4.26. The molecule has 1 aliphatic rings. The molecular formula is C24H20FN5O4. The second kappa shape index (κ2) is 8.54. The first-order chi connectivity index (χ1) is 16.5. The van der Waals surface area contributed by atoms with Crippen molar-refractivity contribution >= 4 is 28.5 Å². The van der Waals surface area contributed by atoms with E-state index in [4.69, 9.17) is 4.42 Å². The molecule has 1 aliphatic heterocycles. The zero-order valence-electron chi connectivity index (χ0n) is 18.2. The van der Waals surface area contributed by atoms with Crippen LogP contribution in [0.1, 0.15) is 27.6 Å². The Balaban J connectivity index is 1.37. The van der Waals surface area contributed by atoms with E-state index in [2.05, 4.69) is 15.0 Å². The van der Waals surface area contributed by atoms with Gasteiger partial charge >= 0.3 is 0 Å². The Bertz CT molecular complexity index is 1380. The molecule has 0 bridgehead atoms. The average Bonchev–Trinajstić information content (AvgIpc) is 3.55. The van der Waals surface area contributed by atoms with Crippen LogP contribution < -0.4 is 0 Å². The van der Waals surface area contributed by atoms with Gasteiger partial charge in [0.15, 0.2) is 18.0 Å². The van der Waals surface area contributed by atoms with Crippen LogP contribution in [0.15, 0.2) is 59.7 Å². The number of nitrogens with one attached hydrogen (secondary N) is 1. The Labute approximate surface area is 193 Å². The molecule has 1 aromatic carbocycles. The highest BCUT2D eigenvalue weighted by molar-refractivity contribution is 6.45. The maximum Gasteiger partial charge on any atom is 0.295 e. The van der Waals surface area contributed by atoms with Crippen LogP contribution in [-0.4, -0.2) is 68.0 Å². The number of nitrogens with zero attached hydrogens (tertiary/aromatic N) is 4. The number of H-pyrrole nitrogens is 1. The summed E-state index contributed by atoms with van der Waals surface area (Å²) in [5, 5.41) is -0.0368. The van der Waals surface area contributed by atoms with Crippen molar-refractivity contribution in [3.05, 3.63) is 72.3 Å². The fraction of sp³-hybridized carbons (Fsp3) is 0.208. The van der Waals surface area contributed by atoms with Crippen molar-refractivity contribution in [2.24, 2.45) is 0 Å². The summed E-state index contributed by atoms with van der Waals surface area (Å²) in [7, 11) is 0. The predicted molar refractivity (Wildman–Crippen MR) is 119 cm³/mol. The van der Waals surface area contributed by atoms with Gasteiger partial charge in [-0.1, -0.05) is 18.2 Å². The highest BCUT2D eigenvalue weighted by atomic mass is 19.1. The van der Waals surface area contributed by atoms with E-state index < -0.39 is 17.5 Å². The van der Waals surface area contributed by atoms with Crippen molar-refractivity contribution < 1.29 is 23.2 Å². The molecule has 4 heterocycles. The number of benzene rings is 1. The summed E-state index contributed by atoms with van der Waals surface area (Å²) in [6.45, 7) is 2.55. The summed E-state index contributed by atoms with van der Waals surface area (Å²) < 4.78 is 19.9. The third-order valence-corrected chi connectivity index (χ3v) is 5.96. The van der Waals surface area contributed by atoms with Gasteiger partial charge in [0, 0.05) is 37.4 Å². The van der Waals surface area contributed by atoms with Gasteiger partial charge in [-0.15, -0.1) is 0 Å². The molecule has 1 N–H and O–H groups in total. The van der Waals surface area contributed by atoms with Gasteiger partial charge in [0.25, 0.3) is 17.6 Å². The van der Waals surface area contributed by atoms with Crippen LogP contribution in [0.2, 0.25) is 0 Å². The molecule has 34 heavy (non-hydrogen) atoms. The molecule has 1 saturated heterocycles. The third kappa shape index (κ3) is 3.62. The number of hydrogen-bond donors (Lipinski definition) is 1. The molecular weight excluding hydrogens is 441 g/mol. The topological polar surface area (TPSA) is 112 Å². The number of oxazole rings is 1. The van der Waals surface area contributed by atoms with Crippen LogP contribution in [0.25, 0.3) is 22.4 Å². The van der Waals surface area contributed by atoms with Gasteiger partial charge in [0.2, 0.25) is 0 Å². The van der Waals surface area contributed by atoms with Crippen LogP contribution >= 0.6 is 0 Å². The number of hydrogen-bond acceptors (Lipinski definition) is 6. The Morgan fingerprint density at radius 1 is 1.15 bits per heavy atom. The molecule has 2 amide bonds. The van der Waals surface area contributed by atoms with Gasteiger partial charge in [-0.2, -0.15) is 0 Å². The number of carbonyl (C=O) groups excluding carboxylic acids is 3. The summed E-state index contributed by atoms with van der Waals surface area (Å²) in [5.41, 5.74) is 0.993. The Morgan fingerprint density at radius 3 is 2.65 bits per heavy atom. The Morgan fingerprint density at radius 2 is 1.94 bits per heavy atom. The van der Waals surface area contributed by atoms with E-state index in [-0.39, 0.29) is 47.2 Å². The van der Waals surface area contributed by atoms with E-state index >= 15 is 0 Å². The van der Waals surface area contributed by atoms with E-state index in [1.807, 2.05) is 6.07 Å². The molecule has 172 valence electrons. The van der Waals surface area contributed by atoms with Crippen molar-refractivity contribution in [3.8, 4) is 11.5 Å². The summed E-state index contributed by atoms with van der Waals surface area (Å²) >= 11 is 0. The van der Waals surface area contributed by atoms with Crippen LogP contribution in [-0.2, 0) is 4.79 Å². The lowest BCUT2D eigenvalue weighted by Gasteiger charge is -2.39. The molecule has 9 nitrogen and oxygen atoms in total. The molecule has 0 unspecified atom stereocenters. The van der Waals surface area contributed by atoms with Gasteiger partial charge in [-0.05, 0) is 19.1 Å². The van der Waals surface area contributed by atoms with Crippen molar-refractivity contribution in [1.29, 1.82) is 0 Å². The second-order valence-corrected chi connectivity index (χ2v) is 8.07. The lowest BCUT2D eigenvalue weighted by Crippen LogP contribution is -2.56. The maximum absolute atomic E-state index is 14.7. The smallest absolute Gasteiger partial charge is 0.295 e. The summed E-state index contributed by atoms with van der Waals surface area (Å²) in [4.78, 5) is 52.8. The first kappa shape index (κ1) is 21.5. The highest BCUT2D eigenvalue weighted by Crippen LogP contribution is 2.30. The van der Waals surface area contributed by atoms with E-state index in [0.29, 0.717) is 17.9 Å². The summed E-state index contributed by atoms with van der Waals surface area (Å²) in [6, 6.07) is 8.50. The minimum absolute atomic E-state index is 0.0368. The van der Waals surface area contributed by atoms with E-state index in [0.717, 1.165) is 6.20 Å². The number of aromatic nitrogens is 3. The minimum Gasteiger partial charge on any atom is -0.442 e. The SMILES string of the molecule is C[C@@H]1CN(C(=O)c2ccccc2)CCN1C(=O)C(=O)c1c[nH]c2c(-c3cnco3)ncc(F)c12. The summed E-state index contributed by atoms with van der Waals surface area (Å²) in [5.74, 6) is -2.16. The molecule has 1 atom stereocenters. The Hall–Kier alpha value is -4.34. The Kier molecular flexibility index (Phi) is 5.40. The lowest BCUT2D eigenvalue weighted by atomic mass is 10.1. The minimum atomic E-state index is -0.838. The van der Waals surface area contributed by atoms with Gasteiger partial charge in [0.1, 0.15) is 5.69 Å². The van der Waals surface area contributed by atoms with Gasteiger partial charge in [-0.25, -0.2) is 14.4 Å². The number of carbonyl (C=O) groups is 3. The quantitative estimate of drug-likeness (QED) is 0.369. The van der Waals surface area contributed by atoms with Crippen molar-refractivity contribution in [1.82, 2.24) is 24.8 Å². The van der Waals surface area contributed by atoms with Crippen LogP contribution in [0.4, 0.5) is 4.39 Å². The fourth-order valence-electron chi connectivity index (χ4n) is 4.26. The standard InChI is InChI=1S/C24H20FN5O4/c1-14-12-29(23(32)15-5-3-2-4-6-15)7-8-30(14)24(33)22(31)16-9-27-21-19(16)17(25)10-28-20(21)18-11-26-13-34-18/h2-6,9-11,13-14,27H,7-8,12H2,1H3/t14-/m1/s1. The molecule has 5 rings (SSSR count). The van der Waals surface area contributed by atoms with Gasteiger partial charge < -0.3 is 19.2 Å². The number of piperazine rings is 1. The lowest BCUT2D eigenvalue weighted by molar-refractivity contribution is -0.130. The largest absolute Gasteiger partial charge is 0.442 e. The number of fused-ring (bicyclic) bond motifs is 1. The van der Waals surface area contributed by atoms with Crippen molar-refractivity contribution in [2.75, 3.05) is 19.6 Å². The average molecular weight is 461 g/mol. The van der Waals surface area contributed by atoms with Crippen LogP contribution in [0, 0.1) is 5.82 Å². The van der Waals surface area contributed by atoms with Crippen molar-refractivity contribution in [3.63, 3.8) is 0 Å². The number of rotatable bonds is 4. The number of halogens is 1. The zero-order chi connectivity index (χ0) is 23.8. The van der Waals surface area contributed by atoms with E-state index in [9.17, 15) is 18.8 Å². The van der Waals surface area contributed by atoms with Crippen LogP contribution in [0.3, 0.4) is 0 Å². The number of Topliss-reactive ketones (excluding diaryl/α,β-unsaturated/α-hetero) is 1. The molecule has 0 radical (unpaired) electrons. The number of pyridine rings is 1. The molecule has 0 spiro atoms. The number of amides is 2. The van der Waals surface area contributed by atoms with Crippen molar-refractivity contribution in [2.45, 2.75) is 13.0 Å². The third-order valence-electron chi connectivity index (χ3n) is 5.96. The first-order valence-electron chi connectivity index (χ1n) is 10.7. The zero-order valence-corrected chi connectivity index (χ0v) is 18.2. The summed E-state index contributed by atoms with van der Waals surface area (Å²) in [6.07, 6.45) is 4.92. The van der Waals surface area contributed by atoms with Gasteiger partial charge in [-0.3, -0.25) is 14.4 Å². The molecule has 3 aromatic heterocycles. The monoisotopic (exact) mass is 461 g/mol. The van der Waals surface area contributed by atoms with Gasteiger partial charge in [0.05, 0.1) is 28.9 Å². The molecule has 0 saturated carbocycles. The first-order valence-corrected chi connectivity index (χ1v) is 10.7. The molecule has 4 aromatic rings. The number of ketones is 1. The predicted octanol–water partition coefficient (Wildman–Crippen LogP) is 2.91. The normalized spacial score (nSPS) is 16.1. The highest BCUT2D eigenvalue weighted by Gasteiger charge is 2.35. The molecule has 0 aliphatic carbocycles. The van der Waals surface area contributed by atoms with E-state index in [1.54, 1.807) is 36.1 Å². The van der Waals surface area contributed by atoms with Crippen LogP contribution in [0.5, 0.6) is 0 Å². The molecule has 10 heteroatoms. The van der Waals surface area contributed by atoms with E-state index in [1.165, 1.54) is 23.7 Å².